The maximum Gasteiger partial charge on any atom is 0.254 e. The Balaban J connectivity index is 1.59. The highest BCUT2D eigenvalue weighted by Crippen LogP contribution is 2.39. The van der Waals surface area contributed by atoms with E-state index in [-0.39, 0.29) is 11.9 Å². The molecule has 114 valence electrons. The van der Waals surface area contributed by atoms with Crippen LogP contribution in [0.3, 0.4) is 0 Å². The number of aromatic nitrogens is 3. The molecule has 5 nitrogen and oxygen atoms in total. The molecule has 1 unspecified atom stereocenters. The van der Waals surface area contributed by atoms with Crippen molar-refractivity contribution in [2.45, 2.75) is 44.1 Å². The lowest BCUT2D eigenvalue weighted by Gasteiger charge is -2.34. The molecular weight excluding hydrogens is 276 g/mol. The fourth-order valence-corrected chi connectivity index (χ4v) is 3.17. The van der Waals surface area contributed by atoms with Crippen LogP contribution in [0.1, 0.15) is 66.1 Å². The van der Waals surface area contributed by atoms with Crippen LogP contribution in [0.25, 0.3) is 0 Å². The van der Waals surface area contributed by atoms with Gasteiger partial charge in [0.2, 0.25) is 0 Å². The van der Waals surface area contributed by atoms with Crippen molar-refractivity contribution < 1.29 is 4.79 Å². The third-order valence-electron chi connectivity index (χ3n) is 4.56. The van der Waals surface area contributed by atoms with E-state index in [1.807, 2.05) is 35.2 Å². The van der Waals surface area contributed by atoms with Crippen LogP contribution in [0.15, 0.2) is 30.3 Å². The van der Waals surface area contributed by atoms with Crippen LogP contribution in [0.4, 0.5) is 0 Å². The van der Waals surface area contributed by atoms with Gasteiger partial charge in [-0.2, -0.15) is 5.10 Å². The largest absolute Gasteiger partial charge is 0.328 e. The molecule has 2 heterocycles. The van der Waals surface area contributed by atoms with E-state index in [9.17, 15) is 4.79 Å². The lowest BCUT2D eigenvalue weighted by molar-refractivity contribution is 0.0600. The predicted molar refractivity (Wildman–Crippen MR) is 82.4 cm³/mol. The van der Waals surface area contributed by atoms with Crippen LogP contribution in [0.2, 0.25) is 0 Å². The van der Waals surface area contributed by atoms with Gasteiger partial charge in [0, 0.05) is 18.0 Å². The Hall–Kier alpha value is -2.17. The van der Waals surface area contributed by atoms with Crippen LogP contribution < -0.4 is 0 Å². The van der Waals surface area contributed by atoms with Crippen LogP contribution >= 0.6 is 0 Å². The standard InChI is InChI=1S/C17H20N4O/c22-17(13-6-2-1-3-7-13)21-11-5-4-8-14(21)16-18-15(19-20-16)12-9-10-12/h1-3,6-7,12,14H,4-5,8-11H2,(H,18,19,20). The van der Waals surface area contributed by atoms with E-state index in [4.69, 9.17) is 0 Å². The third kappa shape index (κ3) is 2.51. The highest BCUT2D eigenvalue weighted by atomic mass is 16.2. The number of carbonyl (C=O) groups is 1. The number of likely N-dealkylation sites (tertiary alicyclic amines) is 1. The van der Waals surface area contributed by atoms with Crippen LogP contribution in [-0.2, 0) is 0 Å². The lowest BCUT2D eigenvalue weighted by atomic mass is 10.00. The number of nitrogens with one attached hydrogen (secondary N) is 1. The van der Waals surface area contributed by atoms with E-state index < -0.39 is 0 Å². The first-order valence-corrected chi connectivity index (χ1v) is 8.11. The minimum atomic E-state index is 0.0291. The van der Waals surface area contributed by atoms with E-state index in [2.05, 4.69) is 15.2 Å². The summed E-state index contributed by atoms with van der Waals surface area (Å²) < 4.78 is 0. The molecule has 1 amide bonds. The van der Waals surface area contributed by atoms with Gasteiger partial charge < -0.3 is 4.90 Å². The molecule has 5 heteroatoms. The van der Waals surface area contributed by atoms with Crippen molar-refractivity contribution in [3.8, 4) is 0 Å². The number of amides is 1. The van der Waals surface area contributed by atoms with Gasteiger partial charge in [0.25, 0.3) is 5.91 Å². The summed E-state index contributed by atoms with van der Waals surface area (Å²) in [5.41, 5.74) is 0.747. The highest BCUT2D eigenvalue weighted by Gasteiger charge is 2.33. The predicted octanol–water partition coefficient (Wildman–Crippen LogP) is 3.05. The number of hydrogen-bond donors (Lipinski definition) is 1. The van der Waals surface area contributed by atoms with Crippen molar-refractivity contribution >= 4 is 5.91 Å². The number of hydrogen-bond acceptors (Lipinski definition) is 3. The molecule has 1 saturated carbocycles. The molecule has 1 saturated heterocycles. The van der Waals surface area contributed by atoms with Crippen molar-refractivity contribution in [3.05, 3.63) is 47.5 Å². The zero-order chi connectivity index (χ0) is 14.9. The molecule has 1 atom stereocenters. The Bertz CT molecular complexity index is 662. The number of nitrogens with zero attached hydrogens (tertiary/aromatic N) is 3. The molecule has 4 rings (SSSR count). The van der Waals surface area contributed by atoms with Gasteiger partial charge in [-0.25, -0.2) is 4.98 Å². The van der Waals surface area contributed by atoms with Crippen LogP contribution in [0, 0.1) is 0 Å². The SMILES string of the molecule is O=C(c1ccccc1)N1CCCCC1c1nc(C2CC2)n[nH]1. The Morgan fingerprint density at radius 3 is 2.73 bits per heavy atom. The molecule has 0 bridgehead atoms. The summed E-state index contributed by atoms with van der Waals surface area (Å²) in [5, 5.41) is 7.42. The fraction of sp³-hybridized carbons (Fsp3) is 0.471. The lowest BCUT2D eigenvalue weighted by Crippen LogP contribution is -2.39. The number of aromatic amines is 1. The minimum absolute atomic E-state index is 0.0291. The Morgan fingerprint density at radius 1 is 1.14 bits per heavy atom. The Labute approximate surface area is 129 Å². The number of H-pyrrole nitrogens is 1. The molecule has 1 N–H and O–H groups in total. The summed E-state index contributed by atoms with van der Waals surface area (Å²) in [4.78, 5) is 19.4. The smallest absolute Gasteiger partial charge is 0.254 e. The first kappa shape index (κ1) is 13.5. The summed E-state index contributed by atoms with van der Waals surface area (Å²) in [7, 11) is 0. The second-order valence-electron chi connectivity index (χ2n) is 6.23. The van der Waals surface area contributed by atoms with Crippen molar-refractivity contribution in [1.82, 2.24) is 20.1 Å². The average molecular weight is 296 g/mol. The molecule has 0 radical (unpaired) electrons. The second kappa shape index (κ2) is 5.55. The van der Waals surface area contributed by atoms with Gasteiger partial charge in [-0.3, -0.25) is 9.89 Å². The number of rotatable bonds is 3. The van der Waals surface area contributed by atoms with E-state index >= 15 is 0 Å². The molecule has 1 aromatic carbocycles. The molecule has 2 aliphatic rings. The van der Waals surface area contributed by atoms with E-state index in [0.717, 1.165) is 43.0 Å². The fourth-order valence-electron chi connectivity index (χ4n) is 3.17. The van der Waals surface area contributed by atoms with Gasteiger partial charge in [0.15, 0.2) is 5.82 Å². The number of benzene rings is 1. The Kier molecular flexibility index (Phi) is 3.41. The summed E-state index contributed by atoms with van der Waals surface area (Å²) >= 11 is 0. The molecule has 2 aromatic rings. The molecule has 1 aliphatic carbocycles. The number of carbonyl (C=O) groups excluding carboxylic acids is 1. The zero-order valence-electron chi connectivity index (χ0n) is 12.5. The highest BCUT2D eigenvalue weighted by molar-refractivity contribution is 5.94. The molecule has 1 aliphatic heterocycles. The van der Waals surface area contributed by atoms with Gasteiger partial charge >= 0.3 is 0 Å². The summed E-state index contributed by atoms with van der Waals surface area (Å²) in [6, 6.07) is 9.54. The quantitative estimate of drug-likeness (QED) is 0.947. The summed E-state index contributed by atoms with van der Waals surface area (Å²) in [6.07, 6.45) is 5.52. The molecule has 1 aromatic heterocycles. The number of piperidine rings is 1. The first-order valence-electron chi connectivity index (χ1n) is 8.11. The second-order valence-corrected chi connectivity index (χ2v) is 6.23. The topological polar surface area (TPSA) is 61.9 Å². The van der Waals surface area contributed by atoms with E-state index in [0.29, 0.717) is 5.92 Å². The molecule has 0 spiro atoms. The van der Waals surface area contributed by atoms with E-state index in [1.165, 1.54) is 12.8 Å². The van der Waals surface area contributed by atoms with Gasteiger partial charge in [-0.05, 0) is 44.2 Å². The molecule has 2 fully saturated rings. The summed E-state index contributed by atoms with van der Waals surface area (Å²) in [5.74, 6) is 2.40. The van der Waals surface area contributed by atoms with Gasteiger partial charge in [0.1, 0.15) is 5.82 Å². The monoisotopic (exact) mass is 296 g/mol. The third-order valence-corrected chi connectivity index (χ3v) is 4.56. The van der Waals surface area contributed by atoms with Crippen LogP contribution in [0.5, 0.6) is 0 Å². The van der Waals surface area contributed by atoms with Gasteiger partial charge in [-0.1, -0.05) is 18.2 Å². The molecule has 22 heavy (non-hydrogen) atoms. The molecular formula is C17H20N4O. The normalized spacial score (nSPS) is 21.8. The average Bonchev–Trinajstić information content (AvgIpc) is 3.32. The van der Waals surface area contributed by atoms with Gasteiger partial charge in [-0.15, -0.1) is 0 Å². The van der Waals surface area contributed by atoms with Crippen molar-refractivity contribution in [3.63, 3.8) is 0 Å². The van der Waals surface area contributed by atoms with Crippen molar-refractivity contribution in [2.75, 3.05) is 6.54 Å². The van der Waals surface area contributed by atoms with Gasteiger partial charge in [0.05, 0.1) is 6.04 Å². The maximum absolute atomic E-state index is 12.8. The van der Waals surface area contributed by atoms with Crippen molar-refractivity contribution in [2.24, 2.45) is 0 Å². The van der Waals surface area contributed by atoms with Crippen LogP contribution in [-0.4, -0.2) is 32.5 Å². The van der Waals surface area contributed by atoms with Crippen molar-refractivity contribution in [1.29, 1.82) is 0 Å². The maximum atomic E-state index is 12.8. The summed E-state index contributed by atoms with van der Waals surface area (Å²) in [6.45, 7) is 0.790. The first-order chi connectivity index (χ1) is 10.8. The zero-order valence-corrected chi connectivity index (χ0v) is 12.5. The minimum Gasteiger partial charge on any atom is -0.328 e. The van der Waals surface area contributed by atoms with E-state index in [1.54, 1.807) is 0 Å². The Morgan fingerprint density at radius 2 is 1.95 bits per heavy atom.